The van der Waals surface area contributed by atoms with E-state index in [9.17, 15) is 17.2 Å². The van der Waals surface area contributed by atoms with E-state index in [0.29, 0.717) is 26.1 Å². The minimum atomic E-state index is -3.38. The molecule has 3 heterocycles. The van der Waals surface area contributed by atoms with Crippen LogP contribution in [0.5, 0.6) is 0 Å². The van der Waals surface area contributed by atoms with Crippen LogP contribution in [0.3, 0.4) is 0 Å². The molecule has 3 N–H and O–H groups in total. The molecule has 0 radical (unpaired) electrons. The molecule has 3 unspecified atom stereocenters. The van der Waals surface area contributed by atoms with E-state index in [0.717, 1.165) is 21.6 Å². The molecular formula is C17H23F2N5O2S. The molecule has 1 aromatic heterocycles. The number of aromatic nitrogens is 2. The molecule has 0 saturated carbocycles. The molecule has 4 atom stereocenters. The summed E-state index contributed by atoms with van der Waals surface area (Å²) in [4.78, 5) is 2.20. The van der Waals surface area contributed by atoms with Gasteiger partial charge in [-0.2, -0.15) is 9.19 Å². The highest BCUT2D eigenvalue weighted by molar-refractivity contribution is 7.89. The third-order valence-corrected chi connectivity index (χ3v) is 6.53. The van der Waals surface area contributed by atoms with E-state index in [1.165, 1.54) is 12.2 Å². The molecule has 2 aliphatic heterocycles. The largest absolute Gasteiger partial charge is 0.326 e. The maximum atomic E-state index is 14.1. The summed E-state index contributed by atoms with van der Waals surface area (Å²) in [5, 5.41) is 7.47. The van der Waals surface area contributed by atoms with E-state index >= 15 is 0 Å². The van der Waals surface area contributed by atoms with Crippen molar-refractivity contribution in [2.75, 3.05) is 12.8 Å². The van der Waals surface area contributed by atoms with Gasteiger partial charge < -0.3 is 11.1 Å². The Bertz CT molecular complexity index is 887. The van der Waals surface area contributed by atoms with Crippen molar-refractivity contribution in [1.29, 1.82) is 0 Å². The van der Waals surface area contributed by atoms with Gasteiger partial charge in [-0.1, -0.05) is 0 Å². The lowest BCUT2D eigenvalue weighted by molar-refractivity contribution is 0.121. The molecule has 1 fully saturated rings. The second-order valence-corrected chi connectivity index (χ2v) is 9.44. The number of hydrogen-bond acceptors (Lipinski definition) is 6. The normalized spacial score (nSPS) is 32.1. The summed E-state index contributed by atoms with van der Waals surface area (Å²) in [5.74, 6) is -1.23. The van der Waals surface area contributed by atoms with Gasteiger partial charge in [-0.05, 0) is 18.6 Å². The highest BCUT2D eigenvalue weighted by atomic mass is 32.2. The highest BCUT2D eigenvalue weighted by Gasteiger charge is 2.39. The van der Waals surface area contributed by atoms with E-state index in [4.69, 9.17) is 5.73 Å². The van der Waals surface area contributed by atoms with Crippen LogP contribution >= 0.6 is 0 Å². The Morgan fingerprint density at radius 2 is 2.07 bits per heavy atom. The Kier molecular flexibility index (Phi) is 4.69. The third kappa shape index (κ3) is 3.58. The van der Waals surface area contributed by atoms with Crippen LogP contribution in [0.4, 0.5) is 8.78 Å². The van der Waals surface area contributed by atoms with E-state index in [1.807, 2.05) is 0 Å². The van der Waals surface area contributed by atoms with Gasteiger partial charge in [0, 0.05) is 61.9 Å². The van der Waals surface area contributed by atoms with Gasteiger partial charge in [-0.15, -0.1) is 0 Å². The molecule has 1 saturated heterocycles. The Hall–Kier alpha value is -1.62. The maximum absolute atomic E-state index is 14.1. The molecule has 10 heteroatoms. The van der Waals surface area contributed by atoms with Crippen molar-refractivity contribution in [3.05, 3.63) is 41.3 Å². The summed E-state index contributed by atoms with van der Waals surface area (Å²) in [5.41, 5.74) is 7.96. The van der Waals surface area contributed by atoms with Gasteiger partial charge in [-0.25, -0.2) is 17.2 Å². The summed E-state index contributed by atoms with van der Waals surface area (Å²) >= 11 is 0. The number of allylic oxidation sites excluding steroid dienone is 3. The summed E-state index contributed by atoms with van der Waals surface area (Å²) in [7, 11) is -3.38. The number of piperidine rings is 1. The average molecular weight is 399 g/mol. The monoisotopic (exact) mass is 399 g/mol. The van der Waals surface area contributed by atoms with Gasteiger partial charge in [0.15, 0.2) is 0 Å². The van der Waals surface area contributed by atoms with Crippen molar-refractivity contribution in [3.8, 4) is 0 Å². The number of fused-ring (bicyclic) bond motifs is 1. The summed E-state index contributed by atoms with van der Waals surface area (Å²) in [6.45, 7) is 1.77. The predicted molar refractivity (Wildman–Crippen MR) is 96.4 cm³/mol. The molecule has 4 rings (SSSR count). The van der Waals surface area contributed by atoms with Crippen LogP contribution in [-0.4, -0.2) is 53.4 Å². The van der Waals surface area contributed by atoms with Gasteiger partial charge in [0.25, 0.3) is 10.0 Å². The lowest BCUT2D eigenvalue weighted by Crippen LogP contribution is -2.60. The molecule has 1 aromatic rings. The van der Waals surface area contributed by atoms with Crippen LogP contribution in [0.2, 0.25) is 0 Å². The quantitative estimate of drug-likeness (QED) is 0.781. The fraction of sp³-hybridized carbons (Fsp3) is 0.588. The van der Waals surface area contributed by atoms with Crippen molar-refractivity contribution in [3.63, 3.8) is 0 Å². The number of rotatable bonds is 3. The predicted octanol–water partition coefficient (Wildman–Crippen LogP) is 0.791. The number of halogens is 2. The van der Waals surface area contributed by atoms with Crippen LogP contribution in [0.15, 0.2) is 30.0 Å². The van der Waals surface area contributed by atoms with Gasteiger partial charge in [0.2, 0.25) is 0 Å². The third-order valence-electron chi connectivity index (χ3n) is 5.66. The molecular weight excluding hydrogens is 376 g/mol. The first kappa shape index (κ1) is 18.7. The zero-order chi connectivity index (χ0) is 19.3. The molecule has 1 aliphatic carbocycles. The zero-order valence-corrected chi connectivity index (χ0v) is 15.8. The molecule has 148 valence electrons. The van der Waals surface area contributed by atoms with Crippen molar-refractivity contribution in [1.82, 2.24) is 19.4 Å². The van der Waals surface area contributed by atoms with E-state index in [1.54, 1.807) is 6.20 Å². The molecule has 0 bridgehead atoms. The lowest BCUT2D eigenvalue weighted by atomic mass is 9.82. The van der Waals surface area contributed by atoms with Gasteiger partial charge in [0.05, 0.1) is 11.9 Å². The minimum Gasteiger partial charge on any atom is -0.326 e. The Morgan fingerprint density at radius 3 is 2.74 bits per heavy atom. The SMILES string of the molecule is CS(=O)(=O)n1cc2c(n1)CN(C1CN[C@H](C3CC(F)=CC=C3F)C(N)C1)C2. The van der Waals surface area contributed by atoms with Crippen molar-refractivity contribution in [2.45, 2.75) is 44.1 Å². The highest BCUT2D eigenvalue weighted by Crippen LogP contribution is 2.34. The van der Waals surface area contributed by atoms with Crippen LogP contribution in [-0.2, 0) is 23.1 Å². The Morgan fingerprint density at radius 1 is 1.30 bits per heavy atom. The van der Waals surface area contributed by atoms with Crippen LogP contribution in [0.25, 0.3) is 0 Å². The average Bonchev–Trinajstić information content (AvgIpc) is 3.16. The van der Waals surface area contributed by atoms with Crippen molar-refractivity contribution >= 4 is 10.0 Å². The second kappa shape index (κ2) is 6.77. The van der Waals surface area contributed by atoms with Crippen LogP contribution < -0.4 is 11.1 Å². The van der Waals surface area contributed by atoms with Gasteiger partial charge >= 0.3 is 0 Å². The number of nitrogens with zero attached hydrogens (tertiary/aromatic N) is 3. The summed E-state index contributed by atoms with van der Waals surface area (Å²) in [6.07, 6.45) is 5.72. The first-order valence-corrected chi connectivity index (χ1v) is 10.8. The fourth-order valence-electron chi connectivity index (χ4n) is 4.23. The summed E-state index contributed by atoms with van der Waals surface area (Å²) < 4.78 is 51.9. The lowest BCUT2D eigenvalue weighted by Gasteiger charge is -2.42. The first-order chi connectivity index (χ1) is 12.7. The number of hydrogen-bond donors (Lipinski definition) is 2. The van der Waals surface area contributed by atoms with Crippen molar-refractivity contribution in [2.24, 2.45) is 11.7 Å². The number of nitrogens with two attached hydrogens (primary N) is 1. The maximum Gasteiger partial charge on any atom is 0.250 e. The molecule has 0 aromatic carbocycles. The summed E-state index contributed by atoms with van der Waals surface area (Å²) in [6, 6.07) is -0.479. The zero-order valence-electron chi connectivity index (χ0n) is 15.0. The van der Waals surface area contributed by atoms with E-state index in [2.05, 4.69) is 15.3 Å². The van der Waals surface area contributed by atoms with E-state index < -0.39 is 15.9 Å². The number of nitrogens with one attached hydrogen (secondary N) is 1. The molecule has 3 aliphatic rings. The first-order valence-electron chi connectivity index (χ1n) is 8.95. The minimum absolute atomic E-state index is 0.0348. The van der Waals surface area contributed by atoms with Gasteiger partial charge in [0.1, 0.15) is 11.7 Å². The topological polar surface area (TPSA) is 93.2 Å². The Balaban J connectivity index is 1.40. The smallest absolute Gasteiger partial charge is 0.250 e. The Labute approximate surface area is 156 Å². The van der Waals surface area contributed by atoms with Crippen LogP contribution in [0.1, 0.15) is 24.1 Å². The van der Waals surface area contributed by atoms with Gasteiger partial charge in [-0.3, -0.25) is 4.90 Å². The van der Waals surface area contributed by atoms with Crippen molar-refractivity contribution < 1.29 is 17.2 Å². The fourth-order valence-corrected chi connectivity index (χ4v) is 4.80. The molecule has 27 heavy (non-hydrogen) atoms. The second-order valence-electron chi connectivity index (χ2n) is 7.60. The molecule has 7 nitrogen and oxygen atoms in total. The standard InChI is InChI=1S/C17H23F2N5O2S/c1-27(25,26)24-8-10-7-23(9-16(10)22-24)12-5-15(20)17(21-6-12)13-4-11(18)2-3-14(13)19/h2-3,8,12-13,15,17,21H,4-7,9,20H2,1H3/t12?,13?,15?,17-/m1/s1. The van der Waals surface area contributed by atoms with E-state index in [-0.39, 0.29) is 36.2 Å². The molecule has 0 amide bonds. The molecule has 0 spiro atoms. The van der Waals surface area contributed by atoms with Crippen LogP contribution in [0, 0.1) is 5.92 Å².